The minimum Gasteiger partial charge on any atom is -0.352 e. The molecule has 0 bridgehead atoms. The van der Waals surface area contributed by atoms with Gasteiger partial charge in [0.2, 0.25) is 11.8 Å². The Labute approximate surface area is 244 Å². The zero-order chi connectivity index (χ0) is 28.7. The van der Waals surface area contributed by atoms with E-state index >= 15 is 0 Å². The topological polar surface area (TPSA) is 86.8 Å². The normalized spacial score (nSPS) is 12.9. The highest BCUT2D eigenvalue weighted by Crippen LogP contribution is 2.28. The van der Waals surface area contributed by atoms with Crippen molar-refractivity contribution < 1.29 is 18.0 Å². The molecule has 0 aliphatic heterocycles. The number of hydrogen-bond acceptors (Lipinski definition) is 4. The summed E-state index contributed by atoms with van der Waals surface area (Å²) in [6, 6.07) is 19.2. The van der Waals surface area contributed by atoms with Crippen molar-refractivity contribution >= 4 is 55.1 Å². The van der Waals surface area contributed by atoms with Gasteiger partial charge < -0.3 is 10.2 Å². The van der Waals surface area contributed by atoms with Crippen LogP contribution in [0.25, 0.3) is 0 Å². The van der Waals surface area contributed by atoms with Crippen molar-refractivity contribution in [2.45, 2.75) is 57.6 Å². The van der Waals surface area contributed by atoms with Gasteiger partial charge >= 0.3 is 0 Å². The second-order valence-corrected chi connectivity index (χ2v) is 12.6. The Morgan fingerprint density at radius 1 is 1.00 bits per heavy atom. The molecule has 0 heterocycles. The van der Waals surface area contributed by atoms with Crippen LogP contribution < -0.4 is 9.62 Å². The van der Waals surface area contributed by atoms with E-state index in [0.29, 0.717) is 5.02 Å². The van der Waals surface area contributed by atoms with Crippen LogP contribution in [0.3, 0.4) is 0 Å². The van der Waals surface area contributed by atoms with E-state index in [4.69, 9.17) is 11.6 Å². The largest absolute Gasteiger partial charge is 0.352 e. The predicted octanol–water partition coefficient (Wildman–Crippen LogP) is 5.94. The van der Waals surface area contributed by atoms with Crippen molar-refractivity contribution in [2.24, 2.45) is 0 Å². The molecule has 0 fully saturated rings. The molecule has 0 aliphatic carbocycles. The fraction of sp³-hybridized carbons (Fsp3) is 0.310. The van der Waals surface area contributed by atoms with E-state index in [1.807, 2.05) is 45.0 Å². The first-order valence-corrected chi connectivity index (χ1v) is 15.2. The lowest BCUT2D eigenvalue weighted by Gasteiger charge is -2.32. The van der Waals surface area contributed by atoms with Crippen molar-refractivity contribution in [2.75, 3.05) is 10.8 Å². The Morgan fingerprint density at radius 2 is 1.64 bits per heavy atom. The van der Waals surface area contributed by atoms with Gasteiger partial charge in [0.15, 0.2) is 0 Å². The fourth-order valence-corrected chi connectivity index (χ4v) is 5.69. The molecule has 0 aliphatic rings. The van der Waals surface area contributed by atoms with Gasteiger partial charge in [0, 0.05) is 22.1 Å². The Hall–Kier alpha value is -2.88. The van der Waals surface area contributed by atoms with Gasteiger partial charge in [-0.05, 0) is 74.7 Å². The molecule has 0 saturated heterocycles. The van der Waals surface area contributed by atoms with Crippen LogP contribution in [0, 0.1) is 6.92 Å². The van der Waals surface area contributed by atoms with Crippen LogP contribution >= 0.6 is 27.5 Å². The third-order valence-corrected chi connectivity index (χ3v) is 9.21. The van der Waals surface area contributed by atoms with E-state index in [0.717, 1.165) is 26.3 Å². The maximum atomic E-state index is 13.9. The van der Waals surface area contributed by atoms with Crippen molar-refractivity contribution in [1.82, 2.24) is 10.2 Å². The molecule has 3 rings (SSSR count). The number of amides is 2. The molecule has 2 unspecified atom stereocenters. The molecule has 3 aromatic carbocycles. The summed E-state index contributed by atoms with van der Waals surface area (Å²) >= 11 is 9.77. The fourth-order valence-electron chi connectivity index (χ4n) is 3.82. The van der Waals surface area contributed by atoms with E-state index in [9.17, 15) is 18.0 Å². The highest BCUT2D eigenvalue weighted by molar-refractivity contribution is 9.10. The molecular formula is C29H33BrClN3O4S. The second kappa shape index (κ2) is 13.5. The number of anilines is 1. The summed E-state index contributed by atoms with van der Waals surface area (Å²) in [5, 5.41) is 3.30. The summed E-state index contributed by atoms with van der Waals surface area (Å²) < 4.78 is 29.5. The number of halogens is 2. The number of sulfonamides is 1. The molecule has 10 heteroatoms. The third kappa shape index (κ3) is 7.84. The first-order chi connectivity index (χ1) is 18.4. The average Bonchev–Trinajstić information content (AvgIpc) is 2.92. The Kier molecular flexibility index (Phi) is 10.6. The van der Waals surface area contributed by atoms with Gasteiger partial charge in [-0.1, -0.05) is 70.9 Å². The number of hydrogen-bond donors (Lipinski definition) is 1. The van der Waals surface area contributed by atoms with Crippen molar-refractivity contribution in [1.29, 1.82) is 0 Å². The van der Waals surface area contributed by atoms with Crippen LogP contribution in [-0.2, 0) is 26.2 Å². The molecule has 0 spiro atoms. The second-order valence-electron chi connectivity index (χ2n) is 9.40. The number of rotatable bonds is 11. The van der Waals surface area contributed by atoms with E-state index in [-0.39, 0.29) is 29.1 Å². The van der Waals surface area contributed by atoms with Crippen LogP contribution in [0.2, 0.25) is 5.02 Å². The minimum absolute atomic E-state index is 0.0384. The van der Waals surface area contributed by atoms with Gasteiger partial charge in [0.05, 0.1) is 10.6 Å². The first kappa shape index (κ1) is 30.7. The summed E-state index contributed by atoms with van der Waals surface area (Å²) in [7, 11) is -4.14. The summed E-state index contributed by atoms with van der Waals surface area (Å²) in [5.74, 6) is -0.841. The predicted molar refractivity (Wildman–Crippen MR) is 159 cm³/mol. The number of carbonyl (C=O) groups is 2. The van der Waals surface area contributed by atoms with Crippen LogP contribution in [-0.4, -0.2) is 43.8 Å². The molecule has 0 aromatic heterocycles. The van der Waals surface area contributed by atoms with Gasteiger partial charge in [-0.15, -0.1) is 0 Å². The van der Waals surface area contributed by atoms with Gasteiger partial charge in [0.25, 0.3) is 10.0 Å². The van der Waals surface area contributed by atoms with Gasteiger partial charge in [-0.2, -0.15) is 0 Å². The molecule has 2 atom stereocenters. The van der Waals surface area contributed by atoms with E-state index < -0.39 is 28.5 Å². The van der Waals surface area contributed by atoms with Crippen molar-refractivity contribution in [3.8, 4) is 0 Å². The molecule has 39 heavy (non-hydrogen) atoms. The third-order valence-electron chi connectivity index (χ3n) is 6.49. The quantitative estimate of drug-likeness (QED) is 0.283. The monoisotopic (exact) mass is 633 g/mol. The summed E-state index contributed by atoms with van der Waals surface area (Å²) in [6.45, 7) is 6.90. The standard InChI is InChI=1S/C29H33BrClN3O4S/c1-5-21(3)32-29(36)22(4)33(18-23-12-14-24(30)15-13-23)28(35)19-34(25-16-11-20(2)27(31)17-25)39(37,38)26-9-7-6-8-10-26/h6-17,21-22H,5,18-19H2,1-4H3,(H,32,36). The van der Waals surface area contributed by atoms with E-state index in [1.165, 1.54) is 23.1 Å². The van der Waals surface area contributed by atoms with Gasteiger partial charge in [-0.25, -0.2) is 8.42 Å². The summed E-state index contributed by atoms with van der Waals surface area (Å²) in [5.41, 5.74) is 1.82. The number of nitrogens with zero attached hydrogens (tertiary/aromatic N) is 2. The van der Waals surface area contributed by atoms with Crippen LogP contribution in [0.4, 0.5) is 5.69 Å². The van der Waals surface area contributed by atoms with Crippen LogP contribution in [0.5, 0.6) is 0 Å². The first-order valence-electron chi connectivity index (χ1n) is 12.6. The minimum atomic E-state index is -4.14. The van der Waals surface area contributed by atoms with E-state index in [2.05, 4.69) is 21.2 Å². The van der Waals surface area contributed by atoms with Crippen LogP contribution in [0.15, 0.2) is 82.2 Å². The molecule has 0 radical (unpaired) electrons. The number of aryl methyl sites for hydroxylation is 1. The van der Waals surface area contributed by atoms with Crippen molar-refractivity contribution in [3.63, 3.8) is 0 Å². The SMILES string of the molecule is CCC(C)NC(=O)C(C)N(Cc1ccc(Br)cc1)C(=O)CN(c1ccc(C)c(Cl)c1)S(=O)(=O)c1ccccc1. The lowest BCUT2D eigenvalue weighted by molar-refractivity contribution is -0.139. The Balaban J connectivity index is 2.03. The Morgan fingerprint density at radius 3 is 2.23 bits per heavy atom. The lowest BCUT2D eigenvalue weighted by Crippen LogP contribution is -2.52. The molecular weight excluding hydrogens is 602 g/mol. The Bertz CT molecular complexity index is 1400. The van der Waals surface area contributed by atoms with Gasteiger partial charge in [0.1, 0.15) is 12.6 Å². The van der Waals surface area contributed by atoms with Crippen LogP contribution in [0.1, 0.15) is 38.3 Å². The lowest BCUT2D eigenvalue weighted by atomic mass is 10.1. The molecule has 2 amide bonds. The van der Waals surface area contributed by atoms with E-state index in [1.54, 1.807) is 37.3 Å². The number of carbonyl (C=O) groups excluding carboxylic acids is 2. The smallest absolute Gasteiger partial charge is 0.264 e. The number of nitrogens with one attached hydrogen (secondary N) is 1. The summed E-state index contributed by atoms with van der Waals surface area (Å²) in [4.78, 5) is 28.5. The highest BCUT2D eigenvalue weighted by atomic mass is 79.9. The molecule has 0 saturated carbocycles. The highest BCUT2D eigenvalue weighted by Gasteiger charge is 2.33. The molecule has 3 aromatic rings. The number of benzene rings is 3. The summed E-state index contributed by atoms with van der Waals surface area (Å²) in [6.07, 6.45) is 0.733. The van der Waals surface area contributed by atoms with Gasteiger partial charge in [-0.3, -0.25) is 13.9 Å². The zero-order valence-electron chi connectivity index (χ0n) is 22.4. The average molecular weight is 635 g/mol. The maximum absolute atomic E-state index is 13.9. The maximum Gasteiger partial charge on any atom is 0.264 e. The molecule has 208 valence electrons. The molecule has 7 nitrogen and oxygen atoms in total. The van der Waals surface area contributed by atoms with Crippen molar-refractivity contribution in [3.05, 3.63) is 93.4 Å². The molecule has 1 N–H and O–H groups in total. The zero-order valence-corrected chi connectivity index (χ0v) is 25.6.